The molecule has 4 nitrogen and oxygen atoms in total. The standard InChI is InChI=1S/C18H14FN3O/c19-11-4-5-12-13(8-11)16-15(6-7-20-18(16)23)22-9-14(21-17(12)22)10-2-1-3-10/h4-10H,1-3H2,(H,20,23). The van der Waals surface area contributed by atoms with Crippen molar-refractivity contribution in [2.45, 2.75) is 25.2 Å². The highest BCUT2D eigenvalue weighted by molar-refractivity contribution is 6.11. The van der Waals surface area contributed by atoms with Crippen LogP contribution in [0, 0.1) is 5.82 Å². The van der Waals surface area contributed by atoms with Crippen LogP contribution in [0.4, 0.5) is 4.39 Å². The quantitative estimate of drug-likeness (QED) is 0.545. The molecule has 114 valence electrons. The molecule has 5 heteroatoms. The van der Waals surface area contributed by atoms with Crippen LogP contribution in [0.15, 0.2) is 41.5 Å². The van der Waals surface area contributed by atoms with E-state index in [9.17, 15) is 9.18 Å². The molecule has 3 heterocycles. The molecule has 1 saturated carbocycles. The number of halogens is 1. The van der Waals surface area contributed by atoms with E-state index in [1.54, 1.807) is 12.3 Å². The second-order valence-electron chi connectivity index (χ2n) is 6.24. The number of hydrogen-bond acceptors (Lipinski definition) is 2. The predicted octanol–water partition coefficient (Wildman–Crippen LogP) is 3.74. The van der Waals surface area contributed by atoms with Crippen molar-refractivity contribution in [3.8, 4) is 0 Å². The van der Waals surface area contributed by atoms with Crippen molar-refractivity contribution in [3.63, 3.8) is 0 Å². The van der Waals surface area contributed by atoms with Gasteiger partial charge in [-0.1, -0.05) is 6.42 Å². The Morgan fingerprint density at radius 1 is 1.22 bits per heavy atom. The van der Waals surface area contributed by atoms with Gasteiger partial charge in [-0.25, -0.2) is 9.37 Å². The molecule has 0 amide bonds. The molecule has 0 aliphatic heterocycles. The number of hydrogen-bond donors (Lipinski definition) is 1. The Balaban J connectivity index is 2.03. The molecule has 1 N–H and O–H groups in total. The fourth-order valence-corrected chi connectivity index (χ4v) is 3.52. The predicted molar refractivity (Wildman–Crippen MR) is 87.4 cm³/mol. The van der Waals surface area contributed by atoms with E-state index in [1.807, 2.05) is 16.7 Å². The minimum Gasteiger partial charge on any atom is -0.328 e. The molecule has 0 unspecified atom stereocenters. The van der Waals surface area contributed by atoms with Gasteiger partial charge in [-0.3, -0.25) is 9.20 Å². The summed E-state index contributed by atoms with van der Waals surface area (Å²) in [6.07, 6.45) is 7.22. The summed E-state index contributed by atoms with van der Waals surface area (Å²) in [5, 5.41) is 1.92. The molecule has 1 aliphatic rings. The van der Waals surface area contributed by atoms with Crippen molar-refractivity contribution >= 4 is 27.3 Å². The minimum absolute atomic E-state index is 0.209. The second-order valence-corrected chi connectivity index (χ2v) is 6.24. The lowest BCUT2D eigenvalue weighted by Gasteiger charge is -2.22. The molecule has 1 fully saturated rings. The van der Waals surface area contributed by atoms with Gasteiger partial charge in [-0.15, -0.1) is 0 Å². The maximum atomic E-state index is 13.8. The van der Waals surface area contributed by atoms with Crippen LogP contribution >= 0.6 is 0 Å². The lowest BCUT2D eigenvalue weighted by molar-refractivity contribution is 0.412. The van der Waals surface area contributed by atoms with Crippen molar-refractivity contribution in [1.82, 2.24) is 14.4 Å². The van der Waals surface area contributed by atoms with Crippen molar-refractivity contribution in [2.75, 3.05) is 0 Å². The van der Waals surface area contributed by atoms with Crippen molar-refractivity contribution in [3.05, 3.63) is 58.5 Å². The Labute approximate surface area is 130 Å². The summed E-state index contributed by atoms with van der Waals surface area (Å²) in [7, 11) is 0. The number of imidazole rings is 1. The number of aromatic amines is 1. The summed E-state index contributed by atoms with van der Waals surface area (Å²) in [6.45, 7) is 0. The van der Waals surface area contributed by atoms with E-state index in [-0.39, 0.29) is 11.4 Å². The molecule has 3 aromatic heterocycles. The summed E-state index contributed by atoms with van der Waals surface area (Å²) in [5.74, 6) is 0.152. The van der Waals surface area contributed by atoms with E-state index in [0.717, 1.165) is 35.1 Å². The van der Waals surface area contributed by atoms with Crippen LogP contribution in [0.5, 0.6) is 0 Å². The van der Waals surface area contributed by atoms with Gasteiger partial charge in [-0.05, 0) is 37.1 Å². The van der Waals surface area contributed by atoms with Gasteiger partial charge in [0.2, 0.25) is 0 Å². The molecular formula is C18H14FN3O. The van der Waals surface area contributed by atoms with Crippen molar-refractivity contribution in [1.29, 1.82) is 0 Å². The van der Waals surface area contributed by atoms with Gasteiger partial charge in [0.05, 0.1) is 16.6 Å². The topological polar surface area (TPSA) is 50.2 Å². The number of fused-ring (bicyclic) bond motifs is 6. The molecule has 0 bridgehead atoms. The highest BCUT2D eigenvalue weighted by Gasteiger charge is 2.23. The lowest BCUT2D eigenvalue weighted by atomic mass is 9.83. The van der Waals surface area contributed by atoms with Crippen LogP contribution in [-0.4, -0.2) is 14.4 Å². The van der Waals surface area contributed by atoms with E-state index in [2.05, 4.69) is 4.98 Å². The van der Waals surface area contributed by atoms with E-state index in [1.165, 1.54) is 18.6 Å². The van der Waals surface area contributed by atoms with Gasteiger partial charge in [0.1, 0.15) is 11.5 Å². The first-order chi connectivity index (χ1) is 11.2. The SMILES string of the molecule is O=c1[nH]ccc2c1c1cc(F)ccc1c1nc(C3CCC3)cn21. The summed E-state index contributed by atoms with van der Waals surface area (Å²) in [5.41, 5.74) is 2.41. The summed E-state index contributed by atoms with van der Waals surface area (Å²) in [4.78, 5) is 19.8. The first kappa shape index (κ1) is 12.8. The van der Waals surface area contributed by atoms with Gasteiger partial charge < -0.3 is 4.98 Å². The van der Waals surface area contributed by atoms with Crippen molar-refractivity contribution in [2.24, 2.45) is 0 Å². The first-order valence-electron chi connectivity index (χ1n) is 7.84. The van der Waals surface area contributed by atoms with Crippen molar-refractivity contribution < 1.29 is 4.39 Å². The van der Waals surface area contributed by atoms with E-state index in [0.29, 0.717) is 16.7 Å². The summed E-state index contributed by atoms with van der Waals surface area (Å²) in [6, 6.07) is 6.40. The second kappa shape index (κ2) is 4.41. The zero-order valence-corrected chi connectivity index (χ0v) is 12.3. The van der Waals surface area contributed by atoms with E-state index in [4.69, 9.17) is 4.98 Å². The zero-order chi connectivity index (χ0) is 15.6. The largest absolute Gasteiger partial charge is 0.328 e. The highest BCUT2D eigenvalue weighted by atomic mass is 19.1. The van der Waals surface area contributed by atoms with Gasteiger partial charge in [0.25, 0.3) is 5.56 Å². The smallest absolute Gasteiger partial charge is 0.257 e. The molecule has 0 spiro atoms. The number of rotatable bonds is 1. The van der Waals surface area contributed by atoms with Crippen LogP contribution in [-0.2, 0) is 0 Å². The summed E-state index contributed by atoms with van der Waals surface area (Å²) < 4.78 is 15.7. The first-order valence-corrected chi connectivity index (χ1v) is 7.84. The third-order valence-corrected chi connectivity index (χ3v) is 4.94. The molecule has 23 heavy (non-hydrogen) atoms. The Morgan fingerprint density at radius 3 is 2.87 bits per heavy atom. The molecule has 4 aromatic rings. The lowest BCUT2D eigenvalue weighted by Crippen LogP contribution is -2.08. The normalized spacial score (nSPS) is 15.5. The molecule has 1 aliphatic carbocycles. The third kappa shape index (κ3) is 1.70. The molecule has 1 aromatic carbocycles. The van der Waals surface area contributed by atoms with Gasteiger partial charge >= 0.3 is 0 Å². The number of nitrogens with zero attached hydrogens (tertiary/aromatic N) is 2. The van der Waals surface area contributed by atoms with E-state index < -0.39 is 0 Å². The van der Waals surface area contributed by atoms with Crippen LogP contribution < -0.4 is 5.56 Å². The van der Waals surface area contributed by atoms with Crippen LogP contribution in [0.3, 0.4) is 0 Å². The van der Waals surface area contributed by atoms with Gasteiger partial charge in [0, 0.05) is 29.1 Å². The number of aromatic nitrogens is 3. The van der Waals surface area contributed by atoms with E-state index >= 15 is 0 Å². The average molecular weight is 307 g/mol. The minimum atomic E-state index is -0.350. The Morgan fingerprint density at radius 2 is 2.09 bits per heavy atom. The highest BCUT2D eigenvalue weighted by Crippen LogP contribution is 2.37. The molecule has 0 saturated heterocycles. The Hall–Kier alpha value is -2.69. The fourth-order valence-electron chi connectivity index (χ4n) is 3.52. The number of benzene rings is 1. The number of nitrogens with one attached hydrogen (secondary N) is 1. The molecule has 0 atom stereocenters. The van der Waals surface area contributed by atoms with Gasteiger partial charge in [-0.2, -0.15) is 0 Å². The Kier molecular flexibility index (Phi) is 2.46. The number of pyridine rings is 2. The summed E-state index contributed by atoms with van der Waals surface area (Å²) >= 11 is 0. The fraction of sp³-hybridized carbons (Fsp3) is 0.222. The van der Waals surface area contributed by atoms with Crippen LogP contribution in [0.25, 0.3) is 27.3 Å². The zero-order valence-electron chi connectivity index (χ0n) is 12.3. The average Bonchev–Trinajstić information content (AvgIpc) is 2.90. The molecule has 0 radical (unpaired) electrons. The third-order valence-electron chi connectivity index (χ3n) is 4.94. The molecular weight excluding hydrogens is 293 g/mol. The van der Waals surface area contributed by atoms with Gasteiger partial charge in [0.15, 0.2) is 0 Å². The maximum Gasteiger partial charge on any atom is 0.257 e. The van der Waals surface area contributed by atoms with Crippen LogP contribution in [0.2, 0.25) is 0 Å². The number of H-pyrrole nitrogens is 1. The maximum absolute atomic E-state index is 13.8. The van der Waals surface area contributed by atoms with Crippen LogP contribution in [0.1, 0.15) is 30.9 Å². The monoisotopic (exact) mass is 307 g/mol. The molecule has 5 rings (SSSR count). The Bertz CT molecular complexity index is 1140.